The molecule has 88 valence electrons. The molecule has 18 heavy (non-hydrogen) atoms. The molecule has 1 aromatic carbocycles. The summed E-state index contributed by atoms with van der Waals surface area (Å²) in [5.41, 5.74) is 2.16. The first-order valence-corrected chi connectivity index (χ1v) is 5.85. The number of aromatic nitrogens is 2. The van der Waals surface area contributed by atoms with Gasteiger partial charge in [0.25, 0.3) is 0 Å². The summed E-state index contributed by atoms with van der Waals surface area (Å²) in [5, 5.41) is 9.08. The fraction of sp³-hybridized carbons (Fsp3) is 0.0714. The van der Waals surface area contributed by atoms with E-state index in [1.807, 2.05) is 49.4 Å². The number of nitrogens with one attached hydrogen (secondary N) is 1. The van der Waals surface area contributed by atoms with E-state index in [1.54, 1.807) is 0 Å². The molecule has 0 fully saturated rings. The van der Waals surface area contributed by atoms with Crippen molar-refractivity contribution in [2.75, 3.05) is 0 Å². The third-order valence-electron chi connectivity index (χ3n) is 2.42. The van der Waals surface area contributed by atoms with E-state index >= 15 is 0 Å². The molecular weight excluding hydrogens is 242 g/mol. The lowest BCUT2D eigenvalue weighted by atomic mass is 10.1. The van der Waals surface area contributed by atoms with Crippen LogP contribution in [0, 0.1) is 22.9 Å². The van der Waals surface area contributed by atoms with E-state index in [0.717, 1.165) is 5.56 Å². The summed E-state index contributed by atoms with van der Waals surface area (Å²) in [6.07, 6.45) is 3.78. The molecule has 0 unspecified atom stereocenters. The average Bonchev–Trinajstić information content (AvgIpc) is 2.37. The second-order valence-corrected chi connectivity index (χ2v) is 4.16. The summed E-state index contributed by atoms with van der Waals surface area (Å²) in [4.78, 5) is 7.11. The molecule has 1 heterocycles. The number of aryl methyl sites for hydroxylation is 1. The first kappa shape index (κ1) is 12.2. The molecule has 0 radical (unpaired) electrons. The summed E-state index contributed by atoms with van der Waals surface area (Å²) in [6, 6.07) is 11.9. The number of hydrogen-bond acceptors (Lipinski definition) is 3. The van der Waals surface area contributed by atoms with E-state index in [0.29, 0.717) is 21.7 Å². The van der Waals surface area contributed by atoms with Gasteiger partial charge < -0.3 is 4.98 Å². The number of nitrogens with zero attached hydrogens (tertiary/aromatic N) is 2. The van der Waals surface area contributed by atoms with Gasteiger partial charge in [-0.2, -0.15) is 5.26 Å². The van der Waals surface area contributed by atoms with Gasteiger partial charge in [0.15, 0.2) is 0 Å². The lowest BCUT2D eigenvalue weighted by Crippen LogP contribution is -1.96. The third-order valence-corrected chi connectivity index (χ3v) is 2.72. The van der Waals surface area contributed by atoms with Crippen LogP contribution in [-0.2, 0) is 0 Å². The molecular formula is C14H11N3S. The van der Waals surface area contributed by atoms with Gasteiger partial charge in [-0.25, -0.2) is 4.98 Å². The maximum atomic E-state index is 9.08. The van der Waals surface area contributed by atoms with Crippen molar-refractivity contribution in [3.05, 3.63) is 57.6 Å². The topological polar surface area (TPSA) is 52.5 Å². The highest BCUT2D eigenvalue weighted by molar-refractivity contribution is 7.71. The van der Waals surface area contributed by atoms with Gasteiger partial charge in [-0.3, -0.25) is 0 Å². The SMILES string of the molecule is Cc1nc(=S)c(C#N)c(/C=C/c2ccccc2)[nH]1. The Hall–Kier alpha value is -2.25. The summed E-state index contributed by atoms with van der Waals surface area (Å²) < 4.78 is 0.335. The lowest BCUT2D eigenvalue weighted by Gasteiger charge is -2.01. The standard InChI is InChI=1S/C14H11N3S/c1-10-16-13(12(9-15)14(18)17-10)8-7-11-5-3-2-4-6-11/h2-8H,1H3,(H,16,17,18)/b8-7+. The van der Waals surface area contributed by atoms with E-state index in [4.69, 9.17) is 17.5 Å². The highest BCUT2D eigenvalue weighted by Gasteiger charge is 2.03. The predicted molar refractivity (Wildman–Crippen MR) is 74.2 cm³/mol. The van der Waals surface area contributed by atoms with Crippen LogP contribution in [0.5, 0.6) is 0 Å². The van der Waals surface area contributed by atoms with Crippen LogP contribution in [0.25, 0.3) is 12.2 Å². The smallest absolute Gasteiger partial charge is 0.148 e. The first-order valence-electron chi connectivity index (χ1n) is 5.45. The Kier molecular flexibility index (Phi) is 3.66. The minimum absolute atomic E-state index is 0.335. The molecule has 1 aromatic heterocycles. The monoisotopic (exact) mass is 253 g/mol. The van der Waals surface area contributed by atoms with Gasteiger partial charge in [-0.1, -0.05) is 48.6 Å². The quantitative estimate of drug-likeness (QED) is 0.833. The van der Waals surface area contributed by atoms with Gasteiger partial charge in [-0.05, 0) is 18.6 Å². The van der Waals surface area contributed by atoms with Crippen molar-refractivity contribution in [1.29, 1.82) is 5.26 Å². The van der Waals surface area contributed by atoms with Crippen molar-refractivity contribution in [3.63, 3.8) is 0 Å². The molecule has 0 bridgehead atoms. The zero-order chi connectivity index (χ0) is 13.0. The van der Waals surface area contributed by atoms with E-state index < -0.39 is 0 Å². The fourth-order valence-electron chi connectivity index (χ4n) is 1.59. The third kappa shape index (κ3) is 2.70. The van der Waals surface area contributed by atoms with Crippen LogP contribution in [0.1, 0.15) is 22.6 Å². The first-order chi connectivity index (χ1) is 8.70. The molecule has 0 amide bonds. The van der Waals surface area contributed by atoms with E-state index in [1.165, 1.54) is 0 Å². The number of aromatic amines is 1. The van der Waals surface area contributed by atoms with Crippen LogP contribution < -0.4 is 0 Å². The van der Waals surface area contributed by atoms with Gasteiger partial charge in [0.05, 0.1) is 5.69 Å². The van der Waals surface area contributed by atoms with Crippen LogP contribution >= 0.6 is 12.2 Å². The maximum Gasteiger partial charge on any atom is 0.148 e. The molecule has 2 rings (SSSR count). The Morgan fingerprint density at radius 3 is 2.67 bits per heavy atom. The molecule has 4 heteroatoms. The summed E-state index contributed by atoms with van der Waals surface area (Å²) in [7, 11) is 0. The molecule has 0 saturated carbocycles. The van der Waals surface area contributed by atoms with Crippen LogP contribution in [0.15, 0.2) is 30.3 Å². The van der Waals surface area contributed by atoms with Gasteiger partial charge in [0, 0.05) is 0 Å². The molecule has 0 spiro atoms. The Labute approximate surface area is 110 Å². The molecule has 2 aromatic rings. The predicted octanol–water partition coefficient (Wildman–Crippen LogP) is 3.49. The average molecular weight is 253 g/mol. The zero-order valence-corrected chi connectivity index (χ0v) is 10.7. The van der Waals surface area contributed by atoms with Gasteiger partial charge in [0.2, 0.25) is 0 Å². The molecule has 0 aliphatic rings. The van der Waals surface area contributed by atoms with Crippen LogP contribution in [0.3, 0.4) is 0 Å². The minimum Gasteiger partial charge on any atom is -0.343 e. The number of rotatable bonds is 2. The van der Waals surface area contributed by atoms with Gasteiger partial charge in [-0.15, -0.1) is 0 Å². The maximum absolute atomic E-state index is 9.08. The molecule has 1 N–H and O–H groups in total. The largest absolute Gasteiger partial charge is 0.343 e. The van der Waals surface area contributed by atoms with Gasteiger partial charge in [0.1, 0.15) is 22.1 Å². The van der Waals surface area contributed by atoms with Crippen molar-refractivity contribution in [1.82, 2.24) is 9.97 Å². The Morgan fingerprint density at radius 2 is 2.00 bits per heavy atom. The number of benzene rings is 1. The van der Waals surface area contributed by atoms with Crippen LogP contribution in [0.4, 0.5) is 0 Å². The van der Waals surface area contributed by atoms with Gasteiger partial charge >= 0.3 is 0 Å². The lowest BCUT2D eigenvalue weighted by molar-refractivity contribution is 1.02. The zero-order valence-electron chi connectivity index (χ0n) is 9.84. The summed E-state index contributed by atoms with van der Waals surface area (Å²) in [5.74, 6) is 0.701. The van der Waals surface area contributed by atoms with E-state index in [9.17, 15) is 0 Å². The fourth-order valence-corrected chi connectivity index (χ4v) is 1.88. The highest BCUT2D eigenvalue weighted by atomic mass is 32.1. The normalized spacial score (nSPS) is 10.4. The Morgan fingerprint density at radius 1 is 1.28 bits per heavy atom. The molecule has 0 aliphatic carbocycles. The van der Waals surface area contributed by atoms with E-state index in [-0.39, 0.29) is 0 Å². The van der Waals surface area contributed by atoms with Crippen LogP contribution in [-0.4, -0.2) is 9.97 Å². The second-order valence-electron chi connectivity index (χ2n) is 3.77. The van der Waals surface area contributed by atoms with Crippen molar-refractivity contribution < 1.29 is 0 Å². The van der Waals surface area contributed by atoms with Crippen molar-refractivity contribution in [2.45, 2.75) is 6.92 Å². The summed E-state index contributed by atoms with van der Waals surface area (Å²) >= 11 is 5.07. The molecule has 0 atom stereocenters. The van der Waals surface area contributed by atoms with Crippen molar-refractivity contribution in [3.8, 4) is 6.07 Å². The molecule has 3 nitrogen and oxygen atoms in total. The Bertz CT molecular complexity index is 678. The van der Waals surface area contributed by atoms with E-state index in [2.05, 4.69) is 16.0 Å². The van der Waals surface area contributed by atoms with Crippen molar-refractivity contribution >= 4 is 24.4 Å². The molecule has 0 aliphatic heterocycles. The Balaban J connectivity index is 2.44. The second kappa shape index (κ2) is 5.39. The number of hydrogen-bond donors (Lipinski definition) is 1. The number of H-pyrrole nitrogens is 1. The minimum atomic E-state index is 0.335. The highest BCUT2D eigenvalue weighted by Crippen LogP contribution is 2.11. The molecule has 0 saturated heterocycles. The van der Waals surface area contributed by atoms with Crippen molar-refractivity contribution in [2.24, 2.45) is 0 Å². The number of nitriles is 1. The summed E-state index contributed by atoms with van der Waals surface area (Å²) in [6.45, 7) is 1.82. The van der Waals surface area contributed by atoms with Crippen LogP contribution in [0.2, 0.25) is 0 Å².